The molecule has 0 spiro atoms. The molecule has 1 saturated heterocycles. The van der Waals surface area contributed by atoms with Crippen molar-refractivity contribution in [3.05, 3.63) is 30.3 Å². The van der Waals surface area contributed by atoms with Crippen molar-refractivity contribution in [1.29, 1.82) is 0 Å². The van der Waals surface area contributed by atoms with Crippen LogP contribution in [-0.2, 0) is 4.74 Å². The molecule has 2 rings (SSSR count). The summed E-state index contributed by atoms with van der Waals surface area (Å²) < 4.78 is 11.0. The van der Waals surface area contributed by atoms with Crippen molar-refractivity contribution in [2.24, 2.45) is 0 Å². The van der Waals surface area contributed by atoms with Crippen molar-refractivity contribution in [3.8, 4) is 5.75 Å². The number of hydrogen-bond acceptors (Lipinski definition) is 3. The van der Waals surface area contributed by atoms with E-state index >= 15 is 0 Å². The van der Waals surface area contributed by atoms with Crippen LogP contribution in [0.3, 0.4) is 0 Å². The van der Waals surface area contributed by atoms with Gasteiger partial charge >= 0.3 is 0 Å². The Kier molecular flexibility index (Phi) is 3.38. The largest absolute Gasteiger partial charge is 0.490 e. The Hall–Kier alpha value is -1.06. The van der Waals surface area contributed by atoms with Crippen molar-refractivity contribution in [2.75, 3.05) is 26.3 Å². The van der Waals surface area contributed by atoms with E-state index in [0.717, 1.165) is 25.4 Å². The molecule has 1 aliphatic rings. The summed E-state index contributed by atoms with van der Waals surface area (Å²) in [6.45, 7) is 3.17. The second-order valence-electron chi connectivity index (χ2n) is 3.23. The predicted molar refractivity (Wildman–Crippen MR) is 53.4 cm³/mol. The van der Waals surface area contributed by atoms with Gasteiger partial charge in [-0.15, -0.1) is 0 Å². The molecule has 0 saturated carbocycles. The zero-order chi connectivity index (χ0) is 9.64. The Bertz CT molecular complexity index is 257. The van der Waals surface area contributed by atoms with Crippen molar-refractivity contribution in [2.45, 2.75) is 6.10 Å². The summed E-state index contributed by atoms with van der Waals surface area (Å²) in [6.07, 6.45) is 0.164. The molecule has 0 amide bonds. The summed E-state index contributed by atoms with van der Waals surface area (Å²) in [7, 11) is 0. The summed E-state index contributed by atoms with van der Waals surface area (Å²) in [5, 5.41) is 3.26. The molecule has 1 radical (unpaired) electrons. The molecule has 1 fully saturated rings. The Morgan fingerprint density at radius 3 is 3.29 bits per heavy atom. The second-order valence-corrected chi connectivity index (χ2v) is 3.23. The van der Waals surface area contributed by atoms with Gasteiger partial charge in [-0.25, -0.2) is 0 Å². The smallest absolute Gasteiger partial charge is 0.127 e. The number of ether oxygens (including phenoxy) is 2. The average Bonchev–Trinajstić information content (AvgIpc) is 2.29. The van der Waals surface area contributed by atoms with E-state index < -0.39 is 0 Å². The van der Waals surface area contributed by atoms with Crippen LogP contribution < -0.4 is 10.1 Å². The molecule has 3 nitrogen and oxygen atoms in total. The topological polar surface area (TPSA) is 30.5 Å². The molecule has 1 N–H and O–H groups in total. The van der Waals surface area contributed by atoms with E-state index in [1.807, 2.05) is 24.3 Å². The van der Waals surface area contributed by atoms with Gasteiger partial charge < -0.3 is 14.8 Å². The Labute approximate surface area is 84.0 Å². The van der Waals surface area contributed by atoms with Crippen molar-refractivity contribution in [1.82, 2.24) is 5.32 Å². The lowest BCUT2D eigenvalue weighted by molar-refractivity contribution is 0.000142. The van der Waals surface area contributed by atoms with Crippen LogP contribution in [0.5, 0.6) is 5.75 Å². The highest BCUT2D eigenvalue weighted by Gasteiger charge is 2.13. The number of morpholine rings is 1. The Morgan fingerprint density at radius 2 is 2.57 bits per heavy atom. The standard InChI is InChI=1S/C11H14NO2/c1-2-4-10(5-3-1)14-9-11-8-12-6-7-13-11/h1-4,11-12H,6-9H2. The fourth-order valence-electron chi connectivity index (χ4n) is 1.38. The molecule has 1 heterocycles. The highest BCUT2D eigenvalue weighted by Crippen LogP contribution is 2.08. The van der Waals surface area contributed by atoms with Gasteiger partial charge in [0.15, 0.2) is 0 Å². The SMILES string of the molecule is [c]1ccccc1OCC1CNCCO1. The maximum Gasteiger partial charge on any atom is 0.127 e. The third-order valence-electron chi connectivity index (χ3n) is 2.11. The van der Waals surface area contributed by atoms with Crippen molar-refractivity contribution < 1.29 is 9.47 Å². The zero-order valence-electron chi connectivity index (χ0n) is 8.03. The van der Waals surface area contributed by atoms with Gasteiger partial charge in [-0.2, -0.15) is 0 Å². The van der Waals surface area contributed by atoms with E-state index in [2.05, 4.69) is 11.4 Å². The monoisotopic (exact) mass is 192 g/mol. The number of rotatable bonds is 3. The third-order valence-corrected chi connectivity index (χ3v) is 2.11. The minimum absolute atomic E-state index is 0.164. The van der Waals surface area contributed by atoms with Gasteiger partial charge in [0, 0.05) is 19.2 Å². The van der Waals surface area contributed by atoms with Crippen LogP contribution in [0, 0.1) is 6.07 Å². The van der Waals surface area contributed by atoms with Gasteiger partial charge in [0.05, 0.1) is 6.61 Å². The lowest BCUT2D eigenvalue weighted by Gasteiger charge is -2.23. The first-order valence-corrected chi connectivity index (χ1v) is 4.87. The summed E-state index contributed by atoms with van der Waals surface area (Å²) in [5.41, 5.74) is 0. The molecule has 0 aliphatic carbocycles. The second kappa shape index (κ2) is 4.98. The first kappa shape index (κ1) is 9.49. The van der Waals surface area contributed by atoms with E-state index in [-0.39, 0.29) is 6.10 Å². The highest BCUT2D eigenvalue weighted by atomic mass is 16.5. The number of benzene rings is 1. The molecule has 1 aromatic carbocycles. The number of para-hydroxylation sites is 1. The number of hydrogen-bond donors (Lipinski definition) is 1. The Morgan fingerprint density at radius 1 is 1.57 bits per heavy atom. The lowest BCUT2D eigenvalue weighted by Crippen LogP contribution is -2.41. The van der Waals surface area contributed by atoms with E-state index in [4.69, 9.17) is 9.47 Å². The molecular formula is C11H14NO2. The molecule has 1 aromatic rings. The fraction of sp³-hybridized carbons (Fsp3) is 0.455. The van der Waals surface area contributed by atoms with Gasteiger partial charge in [-0.1, -0.05) is 18.2 Å². The molecule has 1 unspecified atom stereocenters. The molecule has 14 heavy (non-hydrogen) atoms. The highest BCUT2D eigenvalue weighted by molar-refractivity contribution is 5.19. The minimum Gasteiger partial charge on any atom is -0.490 e. The van der Waals surface area contributed by atoms with Crippen molar-refractivity contribution >= 4 is 0 Å². The molecular weight excluding hydrogens is 178 g/mol. The normalized spacial score (nSPS) is 21.9. The van der Waals surface area contributed by atoms with Crippen LogP contribution in [0.25, 0.3) is 0 Å². The molecule has 0 bridgehead atoms. The maximum absolute atomic E-state index is 5.52. The Balaban J connectivity index is 1.76. The first-order valence-electron chi connectivity index (χ1n) is 4.87. The molecule has 1 atom stereocenters. The lowest BCUT2D eigenvalue weighted by atomic mass is 10.3. The van der Waals surface area contributed by atoms with Crippen LogP contribution in [-0.4, -0.2) is 32.4 Å². The average molecular weight is 192 g/mol. The van der Waals surface area contributed by atoms with Crippen LogP contribution in [0.2, 0.25) is 0 Å². The van der Waals surface area contributed by atoms with Gasteiger partial charge in [-0.05, 0) is 6.07 Å². The van der Waals surface area contributed by atoms with Crippen LogP contribution in [0.1, 0.15) is 0 Å². The number of nitrogens with one attached hydrogen (secondary N) is 1. The van der Waals surface area contributed by atoms with Gasteiger partial charge in [0.1, 0.15) is 18.5 Å². The summed E-state index contributed by atoms with van der Waals surface area (Å²) >= 11 is 0. The summed E-state index contributed by atoms with van der Waals surface area (Å²) in [6, 6.07) is 10.6. The molecule has 0 aromatic heterocycles. The predicted octanol–water partition coefficient (Wildman–Crippen LogP) is 0.854. The van der Waals surface area contributed by atoms with Crippen LogP contribution in [0.15, 0.2) is 24.3 Å². The van der Waals surface area contributed by atoms with E-state index in [9.17, 15) is 0 Å². The molecule has 3 heteroatoms. The zero-order valence-corrected chi connectivity index (χ0v) is 8.03. The maximum atomic E-state index is 5.52. The minimum atomic E-state index is 0.164. The van der Waals surface area contributed by atoms with Gasteiger partial charge in [0.2, 0.25) is 0 Å². The third kappa shape index (κ3) is 2.72. The van der Waals surface area contributed by atoms with E-state index in [0.29, 0.717) is 6.61 Å². The van der Waals surface area contributed by atoms with Crippen molar-refractivity contribution in [3.63, 3.8) is 0 Å². The fourth-order valence-corrected chi connectivity index (χ4v) is 1.38. The van der Waals surface area contributed by atoms with E-state index in [1.165, 1.54) is 0 Å². The van der Waals surface area contributed by atoms with Crippen LogP contribution in [0.4, 0.5) is 0 Å². The van der Waals surface area contributed by atoms with Gasteiger partial charge in [-0.3, -0.25) is 0 Å². The summed E-state index contributed by atoms with van der Waals surface area (Å²) in [4.78, 5) is 0. The quantitative estimate of drug-likeness (QED) is 0.770. The van der Waals surface area contributed by atoms with E-state index in [1.54, 1.807) is 0 Å². The first-order chi connectivity index (χ1) is 6.95. The van der Waals surface area contributed by atoms with Gasteiger partial charge in [0.25, 0.3) is 0 Å². The summed E-state index contributed by atoms with van der Waals surface area (Å²) in [5.74, 6) is 0.779. The molecule has 1 aliphatic heterocycles. The molecule has 75 valence electrons. The van der Waals surface area contributed by atoms with Crippen LogP contribution >= 0.6 is 0 Å².